The quantitative estimate of drug-likeness (QED) is 0.797. The van der Waals surface area contributed by atoms with Crippen molar-refractivity contribution in [1.29, 1.82) is 0 Å². The van der Waals surface area contributed by atoms with Gasteiger partial charge in [-0.25, -0.2) is 0 Å². The van der Waals surface area contributed by atoms with E-state index in [9.17, 15) is 0 Å². The van der Waals surface area contributed by atoms with Gasteiger partial charge in [0.05, 0.1) is 6.04 Å². The lowest BCUT2D eigenvalue weighted by atomic mass is 9.96. The molecule has 0 spiro atoms. The van der Waals surface area contributed by atoms with Crippen molar-refractivity contribution in [2.75, 3.05) is 12.8 Å². The van der Waals surface area contributed by atoms with Gasteiger partial charge in [0, 0.05) is 4.90 Å². The molecule has 0 aromatic heterocycles. The van der Waals surface area contributed by atoms with Gasteiger partial charge in [0.2, 0.25) is 0 Å². The highest BCUT2D eigenvalue weighted by Gasteiger charge is 2.12. The molecule has 0 aliphatic rings. The summed E-state index contributed by atoms with van der Waals surface area (Å²) in [4.78, 5) is 1.34. The highest BCUT2D eigenvalue weighted by atomic mass is 32.2. The van der Waals surface area contributed by atoms with Gasteiger partial charge in [-0.2, -0.15) is 0 Å². The van der Waals surface area contributed by atoms with Crippen LogP contribution >= 0.6 is 11.8 Å². The third kappa shape index (κ3) is 3.44. The van der Waals surface area contributed by atoms with Crippen molar-refractivity contribution in [3.05, 3.63) is 64.7 Å². The summed E-state index contributed by atoms with van der Waals surface area (Å²) in [6, 6.07) is 15.9. The molecule has 0 saturated heterocycles. The third-order valence-electron chi connectivity index (χ3n) is 3.68. The van der Waals surface area contributed by atoms with E-state index in [4.69, 9.17) is 0 Å². The summed E-state index contributed by atoms with van der Waals surface area (Å²) in [7, 11) is 2.02. The van der Waals surface area contributed by atoms with Crippen LogP contribution in [-0.2, 0) is 0 Å². The lowest BCUT2D eigenvalue weighted by Gasteiger charge is -2.18. The van der Waals surface area contributed by atoms with Crippen LogP contribution in [0, 0.1) is 13.8 Å². The van der Waals surface area contributed by atoms with Gasteiger partial charge >= 0.3 is 0 Å². The predicted molar refractivity (Wildman–Crippen MR) is 89.7 cm³/mol. The molecule has 1 N–H and O–H groups in total. The molecule has 0 saturated carbocycles. The second kappa shape index (κ2) is 6.96. The van der Waals surface area contributed by atoms with E-state index in [0.29, 0.717) is 0 Å². The minimum Gasteiger partial charge on any atom is -0.309 e. The zero-order valence-corrected chi connectivity index (χ0v) is 13.6. The van der Waals surface area contributed by atoms with E-state index >= 15 is 0 Å². The van der Waals surface area contributed by atoms with Crippen molar-refractivity contribution in [1.82, 2.24) is 5.32 Å². The molecule has 106 valence electrons. The predicted octanol–water partition coefficient (Wildman–Crippen LogP) is 4.72. The third-order valence-corrected chi connectivity index (χ3v) is 4.57. The van der Waals surface area contributed by atoms with Crippen molar-refractivity contribution >= 4 is 11.8 Å². The molecule has 2 rings (SSSR count). The molecule has 1 atom stereocenters. The summed E-state index contributed by atoms with van der Waals surface area (Å²) >= 11 is 1.88. The fraction of sp³-hybridized carbons (Fsp3) is 0.333. The first-order valence-electron chi connectivity index (χ1n) is 7.13. The Morgan fingerprint density at radius 3 is 2.15 bits per heavy atom. The van der Waals surface area contributed by atoms with Crippen molar-refractivity contribution in [2.45, 2.75) is 31.7 Å². The summed E-state index contributed by atoms with van der Waals surface area (Å²) < 4.78 is 0. The fourth-order valence-electron chi connectivity index (χ4n) is 2.39. The monoisotopic (exact) mass is 285 g/mol. The molecule has 0 radical (unpaired) electrons. The van der Waals surface area contributed by atoms with Crippen LogP contribution in [0.15, 0.2) is 47.4 Å². The normalized spacial score (nSPS) is 12.4. The van der Waals surface area contributed by atoms with E-state index < -0.39 is 0 Å². The summed E-state index contributed by atoms with van der Waals surface area (Å²) in [5.41, 5.74) is 5.34. The minimum absolute atomic E-state index is 0.259. The number of benzene rings is 2. The molecule has 2 aromatic carbocycles. The molecular formula is C18H23NS. The minimum atomic E-state index is 0.259. The summed E-state index contributed by atoms with van der Waals surface area (Å²) in [6.07, 6.45) is 0. The molecule has 0 aliphatic carbocycles. The number of hydrogen-bond donors (Lipinski definition) is 1. The van der Waals surface area contributed by atoms with Crippen LogP contribution in [0.5, 0.6) is 0 Å². The SMILES string of the molecule is CCSc1ccc(C(NC)c2ccc(C)c(C)c2)cc1. The largest absolute Gasteiger partial charge is 0.309 e. The van der Waals surface area contributed by atoms with E-state index in [1.165, 1.54) is 27.1 Å². The molecule has 2 aromatic rings. The highest BCUT2D eigenvalue weighted by molar-refractivity contribution is 7.99. The average molecular weight is 285 g/mol. The van der Waals surface area contributed by atoms with Crippen LogP contribution in [0.4, 0.5) is 0 Å². The molecular weight excluding hydrogens is 262 g/mol. The van der Waals surface area contributed by atoms with Crippen LogP contribution in [0.25, 0.3) is 0 Å². The number of hydrogen-bond acceptors (Lipinski definition) is 2. The highest BCUT2D eigenvalue weighted by Crippen LogP contribution is 2.26. The first kappa shape index (κ1) is 15.1. The standard InChI is InChI=1S/C18H23NS/c1-5-20-17-10-8-15(9-11-17)18(19-4)16-7-6-13(2)14(3)12-16/h6-12,18-19H,5H2,1-4H3. The van der Waals surface area contributed by atoms with E-state index in [0.717, 1.165) is 5.75 Å². The molecule has 0 heterocycles. The maximum absolute atomic E-state index is 3.43. The first-order valence-corrected chi connectivity index (χ1v) is 8.11. The van der Waals surface area contributed by atoms with Crippen molar-refractivity contribution in [3.63, 3.8) is 0 Å². The van der Waals surface area contributed by atoms with Gasteiger partial charge in [0.1, 0.15) is 0 Å². The van der Waals surface area contributed by atoms with E-state index in [1.54, 1.807) is 0 Å². The lowest BCUT2D eigenvalue weighted by molar-refractivity contribution is 0.690. The number of thioether (sulfide) groups is 1. The Kier molecular flexibility index (Phi) is 5.27. The van der Waals surface area contributed by atoms with Gasteiger partial charge in [0.15, 0.2) is 0 Å². The number of rotatable bonds is 5. The van der Waals surface area contributed by atoms with Crippen molar-refractivity contribution in [2.24, 2.45) is 0 Å². The molecule has 0 bridgehead atoms. The average Bonchev–Trinajstić information content (AvgIpc) is 2.46. The van der Waals surface area contributed by atoms with Gasteiger partial charge in [-0.15, -0.1) is 11.8 Å². The summed E-state index contributed by atoms with van der Waals surface area (Å²) in [5, 5.41) is 3.43. The first-order chi connectivity index (χ1) is 9.65. The Morgan fingerprint density at radius 2 is 1.60 bits per heavy atom. The van der Waals surface area contributed by atoms with E-state index in [2.05, 4.69) is 68.6 Å². The zero-order valence-electron chi connectivity index (χ0n) is 12.7. The fourth-order valence-corrected chi connectivity index (χ4v) is 3.05. The molecule has 0 aliphatic heterocycles. The molecule has 1 nitrogen and oxygen atoms in total. The van der Waals surface area contributed by atoms with Crippen LogP contribution in [-0.4, -0.2) is 12.8 Å². The van der Waals surface area contributed by atoms with Crippen molar-refractivity contribution < 1.29 is 0 Å². The van der Waals surface area contributed by atoms with Crippen LogP contribution in [0.2, 0.25) is 0 Å². The lowest BCUT2D eigenvalue weighted by Crippen LogP contribution is -2.17. The summed E-state index contributed by atoms with van der Waals surface area (Å²) in [6.45, 7) is 6.51. The van der Waals surface area contributed by atoms with Gasteiger partial charge in [0.25, 0.3) is 0 Å². The van der Waals surface area contributed by atoms with Crippen LogP contribution < -0.4 is 5.32 Å². The topological polar surface area (TPSA) is 12.0 Å². The molecule has 2 heteroatoms. The van der Waals surface area contributed by atoms with Gasteiger partial charge < -0.3 is 5.32 Å². The van der Waals surface area contributed by atoms with Crippen LogP contribution in [0.1, 0.15) is 35.2 Å². The smallest absolute Gasteiger partial charge is 0.0574 e. The van der Waals surface area contributed by atoms with Gasteiger partial charge in [-0.05, 0) is 61.0 Å². The zero-order chi connectivity index (χ0) is 14.5. The number of nitrogens with one attached hydrogen (secondary N) is 1. The second-order valence-corrected chi connectivity index (χ2v) is 6.40. The number of aryl methyl sites for hydroxylation is 2. The maximum Gasteiger partial charge on any atom is 0.0574 e. The Morgan fingerprint density at radius 1 is 0.950 bits per heavy atom. The van der Waals surface area contributed by atoms with E-state index in [1.807, 2.05) is 18.8 Å². The van der Waals surface area contributed by atoms with Gasteiger partial charge in [-0.3, -0.25) is 0 Å². The molecule has 1 unspecified atom stereocenters. The van der Waals surface area contributed by atoms with Gasteiger partial charge in [-0.1, -0.05) is 37.3 Å². The Hall–Kier alpha value is -1.25. The van der Waals surface area contributed by atoms with Crippen molar-refractivity contribution in [3.8, 4) is 0 Å². The molecule has 0 fully saturated rings. The van der Waals surface area contributed by atoms with Crippen LogP contribution in [0.3, 0.4) is 0 Å². The summed E-state index contributed by atoms with van der Waals surface area (Å²) in [5.74, 6) is 1.12. The Bertz CT molecular complexity index is 560. The molecule has 0 amide bonds. The second-order valence-electron chi connectivity index (χ2n) is 5.07. The van der Waals surface area contributed by atoms with E-state index in [-0.39, 0.29) is 6.04 Å². The maximum atomic E-state index is 3.43. The Labute approximate surface area is 126 Å². The Balaban J connectivity index is 2.29. The molecule has 20 heavy (non-hydrogen) atoms.